The molecular weight excluding hydrogens is 348 g/mol. The van der Waals surface area contributed by atoms with Crippen molar-refractivity contribution in [3.05, 3.63) is 65.2 Å². The summed E-state index contributed by atoms with van der Waals surface area (Å²) in [6, 6.07) is 16.0. The molecular formula is C17H19ClN2O3S. The van der Waals surface area contributed by atoms with Gasteiger partial charge in [0.1, 0.15) is 4.90 Å². The average Bonchev–Trinajstić information content (AvgIpc) is 2.56. The molecule has 0 aliphatic heterocycles. The van der Waals surface area contributed by atoms with Gasteiger partial charge in [-0.2, -0.15) is 0 Å². The van der Waals surface area contributed by atoms with Crippen LogP contribution in [-0.4, -0.2) is 27.4 Å². The monoisotopic (exact) mass is 366 g/mol. The fourth-order valence-electron chi connectivity index (χ4n) is 2.12. The standard InChI is InChI=1S/C17H19ClN2O3S/c18-15-8-4-5-9-16(15)24(22,23)20-13-11-17(21)19-12-10-14-6-2-1-3-7-14/h1-9,20H,10-13H2,(H,19,21). The lowest BCUT2D eigenvalue weighted by molar-refractivity contribution is -0.120. The number of halogens is 1. The maximum atomic E-state index is 12.1. The molecule has 0 unspecified atom stereocenters. The molecule has 128 valence electrons. The van der Waals surface area contributed by atoms with Crippen LogP contribution in [-0.2, 0) is 21.2 Å². The van der Waals surface area contributed by atoms with Gasteiger partial charge in [-0.15, -0.1) is 0 Å². The summed E-state index contributed by atoms with van der Waals surface area (Å²) in [5, 5.41) is 2.92. The molecule has 0 atom stereocenters. The fourth-order valence-corrected chi connectivity index (χ4v) is 3.67. The van der Waals surface area contributed by atoms with Gasteiger partial charge in [0.25, 0.3) is 0 Å². The summed E-state index contributed by atoms with van der Waals surface area (Å²) in [5.41, 5.74) is 1.14. The Labute approximate surface area is 147 Å². The molecule has 0 saturated carbocycles. The highest BCUT2D eigenvalue weighted by Crippen LogP contribution is 2.19. The molecule has 0 spiro atoms. The van der Waals surface area contributed by atoms with E-state index in [4.69, 9.17) is 11.6 Å². The van der Waals surface area contributed by atoms with E-state index in [1.54, 1.807) is 12.1 Å². The normalized spacial score (nSPS) is 11.2. The van der Waals surface area contributed by atoms with Gasteiger partial charge in [-0.05, 0) is 24.1 Å². The van der Waals surface area contributed by atoms with Gasteiger partial charge in [0, 0.05) is 19.5 Å². The second kappa shape index (κ2) is 8.82. The van der Waals surface area contributed by atoms with Crippen molar-refractivity contribution in [1.29, 1.82) is 0 Å². The van der Waals surface area contributed by atoms with Crippen LogP contribution in [0, 0.1) is 0 Å². The van der Waals surface area contributed by atoms with E-state index in [0.29, 0.717) is 6.54 Å². The molecule has 0 aliphatic carbocycles. The molecule has 0 aliphatic rings. The number of carbonyl (C=O) groups excluding carboxylic acids is 1. The molecule has 0 fully saturated rings. The summed E-state index contributed by atoms with van der Waals surface area (Å²) in [6.07, 6.45) is 0.802. The van der Waals surface area contributed by atoms with Crippen molar-refractivity contribution in [2.75, 3.05) is 13.1 Å². The van der Waals surface area contributed by atoms with Crippen LogP contribution in [0.5, 0.6) is 0 Å². The van der Waals surface area contributed by atoms with Gasteiger partial charge in [0.2, 0.25) is 15.9 Å². The first kappa shape index (κ1) is 18.4. The van der Waals surface area contributed by atoms with E-state index in [2.05, 4.69) is 10.0 Å². The third-order valence-corrected chi connectivity index (χ3v) is 5.31. The lowest BCUT2D eigenvalue weighted by atomic mass is 10.1. The minimum atomic E-state index is -3.71. The number of hydrogen-bond donors (Lipinski definition) is 2. The third kappa shape index (κ3) is 5.63. The Bertz CT molecular complexity index is 779. The molecule has 24 heavy (non-hydrogen) atoms. The Morgan fingerprint density at radius 2 is 1.62 bits per heavy atom. The second-order valence-corrected chi connectivity index (χ2v) is 7.31. The predicted molar refractivity (Wildman–Crippen MR) is 94.4 cm³/mol. The van der Waals surface area contributed by atoms with E-state index in [9.17, 15) is 13.2 Å². The minimum Gasteiger partial charge on any atom is -0.356 e. The molecule has 7 heteroatoms. The maximum Gasteiger partial charge on any atom is 0.242 e. The van der Waals surface area contributed by atoms with Gasteiger partial charge in [-0.25, -0.2) is 13.1 Å². The molecule has 5 nitrogen and oxygen atoms in total. The van der Waals surface area contributed by atoms with Crippen LogP contribution >= 0.6 is 11.6 Å². The maximum absolute atomic E-state index is 12.1. The smallest absolute Gasteiger partial charge is 0.242 e. The largest absolute Gasteiger partial charge is 0.356 e. The zero-order valence-electron chi connectivity index (χ0n) is 13.0. The Morgan fingerprint density at radius 3 is 2.33 bits per heavy atom. The van der Waals surface area contributed by atoms with E-state index >= 15 is 0 Å². The van der Waals surface area contributed by atoms with Crippen LogP contribution in [0.1, 0.15) is 12.0 Å². The zero-order chi connectivity index (χ0) is 17.4. The van der Waals surface area contributed by atoms with Crippen molar-refractivity contribution >= 4 is 27.5 Å². The number of rotatable bonds is 8. The van der Waals surface area contributed by atoms with E-state index in [1.165, 1.54) is 12.1 Å². The number of amides is 1. The topological polar surface area (TPSA) is 75.3 Å². The number of benzene rings is 2. The van der Waals surface area contributed by atoms with Gasteiger partial charge >= 0.3 is 0 Å². The summed E-state index contributed by atoms with van der Waals surface area (Å²) in [5.74, 6) is -0.201. The van der Waals surface area contributed by atoms with Crippen LogP contribution in [0.25, 0.3) is 0 Å². The van der Waals surface area contributed by atoms with Crippen LogP contribution in [0.15, 0.2) is 59.5 Å². The van der Waals surface area contributed by atoms with Crippen LogP contribution in [0.4, 0.5) is 0 Å². The quantitative estimate of drug-likeness (QED) is 0.753. The molecule has 0 bridgehead atoms. The van der Waals surface area contributed by atoms with Gasteiger partial charge in [0.05, 0.1) is 5.02 Å². The zero-order valence-corrected chi connectivity index (χ0v) is 14.6. The summed E-state index contributed by atoms with van der Waals surface area (Å²) < 4.78 is 26.6. The minimum absolute atomic E-state index is 0.0103. The Morgan fingerprint density at radius 1 is 0.958 bits per heavy atom. The number of sulfonamides is 1. The summed E-state index contributed by atoms with van der Waals surface area (Å²) >= 11 is 5.88. The second-order valence-electron chi connectivity index (χ2n) is 5.16. The average molecular weight is 367 g/mol. The SMILES string of the molecule is O=C(CCNS(=O)(=O)c1ccccc1Cl)NCCc1ccccc1. The summed E-state index contributed by atoms with van der Waals surface area (Å²) in [7, 11) is -3.71. The predicted octanol–water partition coefficient (Wildman–Crippen LogP) is 2.37. The fraction of sp³-hybridized carbons (Fsp3) is 0.235. The molecule has 0 saturated heterocycles. The van der Waals surface area contributed by atoms with Crippen molar-refractivity contribution in [3.8, 4) is 0 Å². The lowest BCUT2D eigenvalue weighted by Gasteiger charge is -2.08. The van der Waals surface area contributed by atoms with Crippen molar-refractivity contribution in [2.45, 2.75) is 17.7 Å². The number of nitrogens with one attached hydrogen (secondary N) is 2. The van der Waals surface area contributed by atoms with E-state index in [1.807, 2.05) is 30.3 Å². The molecule has 0 radical (unpaired) electrons. The highest BCUT2D eigenvalue weighted by atomic mass is 35.5. The van der Waals surface area contributed by atoms with Crippen molar-refractivity contribution in [1.82, 2.24) is 10.0 Å². The van der Waals surface area contributed by atoms with Crippen LogP contribution in [0.2, 0.25) is 5.02 Å². The van der Waals surface area contributed by atoms with E-state index in [0.717, 1.165) is 12.0 Å². The lowest BCUT2D eigenvalue weighted by Crippen LogP contribution is -2.31. The van der Waals surface area contributed by atoms with Gasteiger partial charge < -0.3 is 5.32 Å². The molecule has 2 aromatic rings. The van der Waals surface area contributed by atoms with Gasteiger partial charge in [0.15, 0.2) is 0 Å². The Balaban J connectivity index is 1.73. The Hall–Kier alpha value is -1.89. The van der Waals surface area contributed by atoms with Crippen molar-refractivity contribution < 1.29 is 13.2 Å². The number of carbonyl (C=O) groups is 1. The summed E-state index contributed by atoms with van der Waals surface area (Å²) in [6.45, 7) is 0.533. The summed E-state index contributed by atoms with van der Waals surface area (Å²) in [4.78, 5) is 11.8. The Kier molecular flexibility index (Phi) is 6.78. The highest BCUT2D eigenvalue weighted by molar-refractivity contribution is 7.89. The van der Waals surface area contributed by atoms with E-state index in [-0.39, 0.29) is 28.8 Å². The molecule has 2 rings (SSSR count). The number of hydrogen-bond acceptors (Lipinski definition) is 3. The first-order valence-electron chi connectivity index (χ1n) is 7.54. The molecule has 2 aromatic carbocycles. The first-order valence-corrected chi connectivity index (χ1v) is 9.40. The molecule has 0 heterocycles. The van der Waals surface area contributed by atoms with Gasteiger partial charge in [-0.1, -0.05) is 54.1 Å². The van der Waals surface area contributed by atoms with Crippen LogP contribution < -0.4 is 10.0 Å². The molecule has 0 aromatic heterocycles. The highest BCUT2D eigenvalue weighted by Gasteiger charge is 2.17. The van der Waals surface area contributed by atoms with Crippen LogP contribution in [0.3, 0.4) is 0 Å². The molecule has 2 N–H and O–H groups in total. The van der Waals surface area contributed by atoms with Gasteiger partial charge in [-0.3, -0.25) is 4.79 Å². The van der Waals surface area contributed by atoms with E-state index < -0.39 is 10.0 Å². The van der Waals surface area contributed by atoms with Crippen molar-refractivity contribution in [2.24, 2.45) is 0 Å². The first-order chi connectivity index (χ1) is 11.5. The molecule has 1 amide bonds. The third-order valence-electron chi connectivity index (χ3n) is 3.35. The van der Waals surface area contributed by atoms with Crippen molar-refractivity contribution in [3.63, 3.8) is 0 Å².